The van der Waals surface area contributed by atoms with Crippen molar-refractivity contribution in [1.29, 1.82) is 0 Å². The second-order valence-corrected chi connectivity index (χ2v) is 10.5. The van der Waals surface area contributed by atoms with Gasteiger partial charge in [0.25, 0.3) is 0 Å². The number of rotatable bonds is 7. The first kappa shape index (κ1) is 25.3. The maximum Gasteiger partial charge on any atom is 0.245 e. The van der Waals surface area contributed by atoms with E-state index in [1.165, 1.54) is 30.3 Å². The Balaban J connectivity index is 1.92. The number of ketones is 1. The van der Waals surface area contributed by atoms with E-state index >= 15 is 0 Å². The van der Waals surface area contributed by atoms with Gasteiger partial charge < -0.3 is 5.32 Å². The number of carbonyl (C=O) groups is 2. The van der Waals surface area contributed by atoms with Crippen molar-refractivity contribution in [3.8, 4) is 0 Å². The highest BCUT2D eigenvalue weighted by atomic mass is 35.5. The first-order valence-corrected chi connectivity index (χ1v) is 12.6. The van der Waals surface area contributed by atoms with E-state index in [0.717, 1.165) is 10.6 Å². The molecule has 0 bridgehead atoms. The van der Waals surface area contributed by atoms with E-state index < -0.39 is 22.5 Å². The van der Waals surface area contributed by atoms with Crippen LogP contribution in [0.15, 0.2) is 60.7 Å². The molecule has 0 saturated carbocycles. The molecule has 0 unspecified atom stereocenters. The minimum Gasteiger partial charge on any atom is -0.324 e. The molecule has 3 rings (SSSR count). The van der Waals surface area contributed by atoms with Crippen LogP contribution in [0.25, 0.3) is 0 Å². The molecule has 33 heavy (non-hydrogen) atoms. The molecule has 0 radical (unpaired) electrons. The van der Waals surface area contributed by atoms with Gasteiger partial charge in [0.2, 0.25) is 15.9 Å². The maximum atomic E-state index is 13.0. The lowest BCUT2D eigenvalue weighted by molar-refractivity contribution is -0.114. The standard InChI is InChI=1S/C22H16Cl4N2O4S/c1-33(31,32)28(20-11-17(25)16(24)10-18(20)26)12-21(29)27-19-8-7-14(23)9-15(19)22(30)13-5-3-2-4-6-13/h2-11H,12H2,1H3,(H,27,29). The first-order valence-electron chi connectivity index (χ1n) is 9.29. The molecular formula is C22H16Cl4N2O4S. The minimum absolute atomic E-state index is 0.00550. The molecule has 0 aliphatic carbocycles. The number of hydrogen-bond donors (Lipinski definition) is 1. The van der Waals surface area contributed by atoms with Crippen molar-refractivity contribution in [1.82, 2.24) is 0 Å². The highest BCUT2D eigenvalue weighted by molar-refractivity contribution is 7.92. The summed E-state index contributed by atoms with van der Waals surface area (Å²) in [7, 11) is -3.94. The van der Waals surface area contributed by atoms with Crippen molar-refractivity contribution in [2.24, 2.45) is 0 Å². The van der Waals surface area contributed by atoms with E-state index in [2.05, 4.69) is 5.32 Å². The Morgan fingerprint density at radius 3 is 2.15 bits per heavy atom. The fourth-order valence-electron chi connectivity index (χ4n) is 2.96. The van der Waals surface area contributed by atoms with Crippen LogP contribution in [0.3, 0.4) is 0 Å². The molecule has 6 nitrogen and oxygen atoms in total. The number of nitrogens with one attached hydrogen (secondary N) is 1. The molecule has 0 spiro atoms. The summed E-state index contributed by atoms with van der Waals surface area (Å²) in [6.45, 7) is -0.627. The van der Waals surface area contributed by atoms with Gasteiger partial charge in [-0.15, -0.1) is 0 Å². The quantitative estimate of drug-likeness (QED) is 0.294. The number of anilines is 2. The van der Waals surface area contributed by atoms with Gasteiger partial charge in [0.15, 0.2) is 5.78 Å². The summed E-state index contributed by atoms with van der Waals surface area (Å²) in [5.41, 5.74) is 0.712. The molecule has 1 N–H and O–H groups in total. The summed E-state index contributed by atoms with van der Waals surface area (Å²) >= 11 is 24.2. The maximum absolute atomic E-state index is 13.0. The van der Waals surface area contributed by atoms with Crippen LogP contribution in [0.4, 0.5) is 11.4 Å². The predicted octanol–water partition coefficient (Wildman–Crippen LogP) is 5.94. The highest BCUT2D eigenvalue weighted by Gasteiger charge is 2.25. The van der Waals surface area contributed by atoms with Crippen molar-refractivity contribution in [3.63, 3.8) is 0 Å². The van der Waals surface area contributed by atoms with Crippen LogP contribution in [0, 0.1) is 0 Å². The Bertz CT molecular complexity index is 1330. The zero-order valence-electron chi connectivity index (χ0n) is 17.0. The SMILES string of the molecule is CS(=O)(=O)N(CC(=O)Nc1ccc(Cl)cc1C(=O)c1ccccc1)c1cc(Cl)c(Cl)cc1Cl. The molecule has 0 aliphatic heterocycles. The Hall–Kier alpha value is -2.29. The lowest BCUT2D eigenvalue weighted by Crippen LogP contribution is -2.37. The molecule has 0 saturated heterocycles. The van der Waals surface area contributed by atoms with Gasteiger partial charge in [0, 0.05) is 16.1 Å². The molecule has 0 heterocycles. The van der Waals surface area contributed by atoms with Gasteiger partial charge in [0.1, 0.15) is 6.54 Å². The van der Waals surface area contributed by atoms with Crippen LogP contribution in [0.5, 0.6) is 0 Å². The van der Waals surface area contributed by atoms with Gasteiger partial charge in [-0.05, 0) is 30.3 Å². The van der Waals surface area contributed by atoms with Gasteiger partial charge in [0.05, 0.1) is 32.7 Å². The summed E-state index contributed by atoms with van der Waals surface area (Å²) in [5.74, 6) is -1.08. The number of hydrogen-bond acceptors (Lipinski definition) is 4. The minimum atomic E-state index is -3.94. The lowest BCUT2D eigenvalue weighted by Gasteiger charge is -2.23. The predicted molar refractivity (Wildman–Crippen MR) is 134 cm³/mol. The van der Waals surface area contributed by atoms with E-state index in [1.54, 1.807) is 30.3 Å². The number of nitrogens with zero attached hydrogens (tertiary/aromatic N) is 1. The van der Waals surface area contributed by atoms with Crippen LogP contribution >= 0.6 is 46.4 Å². The van der Waals surface area contributed by atoms with Crippen LogP contribution in [0.1, 0.15) is 15.9 Å². The van der Waals surface area contributed by atoms with Gasteiger partial charge in [-0.25, -0.2) is 8.42 Å². The molecule has 1 amide bonds. The number of amides is 1. The Morgan fingerprint density at radius 1 is 0.879 bits per heavy atom. The molecule has 172 valence electrons. The molecule has 3 aromatic rings. The zero-order chi connectivity index (χ0) is 24.3. The molecule has 0 fully saturated rings. The monoisotopic (exact) mass is 544 g/mol. The summed E-state index contributed by atoms with van der Waals surface area (Å²) in [6, 6.07) is 15.4. The third-order valence-electron chi connectivity index (χ3n) is 4.48. The molecule has 0 atom stereocenters. The normalized spacial score (nSPS) is 11.2. The third kappa shape index (κ3) is 6.19. The smallest absolute Gasteiger partial charge is 0.245 e. The van der Waals surface area contributed by atoms with Crippen molar-refractivity contribution in [2.45, 2.75) is 0 Å². The van der Waals surface area contributed by atoms with Crippen molar-refractivity contribution >= 4 is 79.5 Å². The summed E-state index contributed by atoms with van der Waals surface area (Å²) < 4.78 is 25.6. The van der Waals surface area contributed by atoms with Gasteiger partial charge >= 0.3 is 0 Å². The van der Waals surface area contributed by atoms with Crippen molar-refractivity contribution in [2.75, 3.05) is 22.4 Å². The van der Waals surface area contributed by atoms with E-state index in [0.29, 0.717) is 10.6 Å². The van der Waals surface area contributed by atoms with Crippen LogP contribution in [-0.4, -0.2) is 32.9 Å². The van der Waals surface area contributed by atoms with E-state index in [9.17, 15) is 18.0 Å². The number of halogens is 4. The van der Waals surface area contributed by atoms with Gasteiger partial charge in [-0.1, -0.05) is 76.7 Å². The average molecular weight is 546 g/mol. The largest absolute Gasteiger partial charge is 0.324 e. The Morgan fingerprint density at radius 2 is 1.52 bits per heavy atom. The Kier molecular flexibility index (Phi) is 7.92. The van der Waals surface area contributed by atoms with E-state index in [-0.39, 0.29) is 37.8 Å². The lowest BCUT2D eigenvalue weighted by atomic mass is 10.0. The first-order chi connectivity index (χ1) is 15.5. The molecular weight excluding hydrogens is 530 g/mol. The van der Waals surface area contributed by atoms with Crippen LogP contribution in [-0.2, 0) is 14.8 Å². The molecule has 11 heteroatoms. The second-order valence-electron chi connectivity index (χ2n) is 6.92. The Labute approximate surface area is 211 Å². The highest BCUT2D eigenvalue weighted by Crippen LogP contribution is 2.35. The van der Waals surface area contributed by atoms with Crippen LogP contribution in [0.2, 0.25) is 20.1 Å². The number of carbonyl (C=O) groups excluding carboxylic acids is 2. The van der Waals surface area contributed by atoms with Gasteiger partial charge in [-0.3, -0.25) is 13.9 Å². The van der Waals surface area contributed by atoms with E-state index in [4.69, 9.17) is 46.4 Å². The third-order valence-corrected chi connectivity index (χ3v) is 6.87. The summed E-state index contributed by atoms with van der Waals surface area (Å²) in [6.07, 6.45) is 0.922. The topological polar surface area (TPSA) is 83.6 Å². The second kappa shape index (κ2) is 10.3. The van der Waals surface area contributed by atoms with Crippen LogP contribution < -0.4 is 9.62 Å². The van der Waals surface area contributed by atoms with Crippen molar-refractivity contribution < 1.29 is 18.0 Å². The van der Waals surface area contributed by atoms with Crippen molar-refractivity contribution in [3.05, 3.63) is 91.9 Å². The number of benzene rings is 3. The fourth-order valence-corrected chi connectivity index (χ4v) is 4.69. The molecule has 3 aromatic carbocycles. The summed E-state index contributed by atoms with van der Waals surface area (Å²) in [5, 5.41) is 3.07. The molecule has 0 aliphatic rings. The molecule has 0 aromatic heterocycles. The fraction of sp³-hybridized carbons (Fsp3) is 0.0909. The van der Waals surface area contributed by atoms with E-state index in [1.807, 2.05) is 0 Å². The zero-order valence-corrected chi connectivity index (χ0v) is 20.8. The van der Waals surface area contributed by atoms with Gasteiger partial charge in [-0.2, -0.15) is 0 Å². The average Bonchev–Trinajstić information content (AvgIpc) is 2.75. The summed E-state index contributed by atoms with van der Waals surface area (Å²) in [4.78, 5) is 25.8. The number of sulfonamides is 1.